The zero-order chi connectivity index (χ0) is 16.2. The zero-order valence-electron chi connectivity index (χ0n) is 13.3. The quantitative estimate of drug-likeness (QED) is 0.421. The summed E-state index contributed by atoms with van der Waals surface area (Å²) in [5, 5.41) is 1.21. The molecule has 3 aromatic rings. The molecule has 0 aliphatic heterocycles. The third-order valence-corrected chi connectivity index (χ3v) is 5.40. The number of benzene rings is 1. The minimum atomic E-state index is 0.269. The van der Waals surface area contributed by atoms with E-state index in [0.29, 0.717) is 6.42 Å². The molecule has 0 bridgehead atoms. The molecule has 0 spiro atoms. The molecular formula is C19H21N2OS+. The van der Waals surface area contributed by atoms with Crippen molar-refractivity contribution in [1.29, 1.82) is 0 Å². The van der Waals surface area contributed by atoms with Crippen LogP contribution >= 0.6 is 11.3 Å². The molecule has 3 rings (SSSR count). The van der Waals surface area contributed by atoms with Crippen molar-refractivity contribution in [3.05, 3.63) is 59.2 Å². The molecule has 3 nitrogen and oxygen atoms in total. The maximum Gasteiger partial charge on any atom is 0.173 e. The largest absolute Gasteiger partial charge is 0.398 e. The highest BCUT2D eigenvalue weighted by Crippen LogP contribution is 2.31. The third kappa shape index (κ3) is 3.59. The second-order valence-electron chi connectivity index (χ2n) is 5.80. The van der Waals surface area contributed by atoms with Crippen LogP contribution in [0.4, 0.5) is 5.69 Å². The van der Waals surface area contributed by atoms with Crippen molar-refractivity contribution in [1.82, 2.24) is 0 Å². The summed E-state index contributed by atoms with van der Waals surface area (Å²) in [5.41, 5.74) is 7.58. The van der Waals surface area contributed by atoms with Crippen LogP contribution in [0.5, 0.6) is 0 Å². The van der Waals surface area contributed by atoms with Crippen LogP contribution in [0.3, 0.4) is 0 Å². The van der Waals surface area contributed by atoms with E-state index >= 15 is 0 Å². The van der Waals surface area contributed by atoms with Crippen LogP contribution in [0.1, 0.15) is 34.5 Å². The van der Waals surface area contributed by atoms with Crippen LogP contribution in [0.25, 0.3) is 10.1 Å². The summed E-state index contributed by atoms with van der Waals surface area (Å²) in [5.74, 6) is 0.269. The Bertz CT molecular complexity index is 821. The lowest BCUT2D eigenvalue weighted by Crippen LogP contribution is -2.32. The highest BCUT2D eigenvalue weighted by molar-refractivity contribution is 7.21. The normalized spacial score (nSPS) is 11.0. The van der Waals surface area contributed by atoms with Crippen molar-refractivity contribution in [2.45, 2.75) is 32.7 Å². The molecule has 1 aromatic carbocycles. The van der Waals surface area contributed by atoms with E-state index in [9.17, 15) is 4.79 Å². The average Bonchev–Trinajstić information content (AvgIpc) is 2.90. The van der Waals surface area contributed by atoms with Gasteiger partial charge in [0.1, 0.15) is 6.54 Å². The monoisotopic (exact) mass is 325 g/mol. The number of ketones is 1. The number of carbonyl (C=O) groups is 1. The summed E-state index contributed by atoms with van der Waals surface area (Å²) in [6.07, 6.45) is 6.47. The van der Waals surface area contributed by atoms with E-state index in [4.69, 9.17) is 5.73 Å². The van der Waals surface area contributed by atoms with Crippen LogP contribution in [-0.4, -0.2) is 5.78 Å². The van der Waals surface area contributed by atoms with Gasteiger partial charge in [-0.1, -0.05) is 18.2 Å². The second-order valence-corrected chi connectivity index (χ2v) is 6.85. The van der Waals surface area contributed by atoms with E-state index < -0.39 is 0 Å². The molecular weight excluding hydrogens is 304 g/mol. The Labute approximate surface area is 140 Å². The number of hydrogen-bond acceptors (Lipinski definition) is 3. The number of Topliss-reactive ketones (excluding diaryl/α,β-unsaturated/α-hetero) is 1. The number of aromatic nitrogens is 1. The third-order valence-electron chi connectivity index (χ3n) is 4.08. The number of fused-ring (bicyclic) bond motifs is 1. The first-order valence-corrected chi connectivity index (χ1v) is 8.73. The van der Waals surface area contributed by atoms with Crippen molar-refractivity contribution in [2.24, 2.45) is 0 Å². The van der Waals surface area contributed by atoms with Gasteiger partial charge in [-0.15, -0.1) is 11.3 Å². The number of nitrogens with zero attached hydrogens (tertiary/aromatic N) is 1. The number of thiophene rings is 1. The number of unbranched alkanes of at least 4 members (excludes halogenated alkanes) is 1. The molecule has 0 fully saturated rings. The Morgan fingerprint density at radius 3 is 2.61 bits per heavy atom. The first kappa shape index (κ1) is 15.7. The number of rotatable bonds is 6. The van der Waals surface area contributed by atoms with E-state index in [1.165, 1.54) is 10.1 Å². The lowest BCUT2D eigenvalue weighted by Gasteiger charge is -2.00. The van der Waals surface area contributed by atoms with E-state index in [-0.39, 0.29) is 5.78 Å². The molecule has 2 N–H and O–H groups in total. The molecule has 0 amide bonds. The molecule has 2 heterocycles. The Hall–Kier alpha value is -2.20. The van der Waals surface area contributed by atoms with Gasteiger partial charge in [-0.2, -0.15) is 0 Å². The number of nitrogen functional groups attached to an aromatic ring is 1. The minimum Gasteiger partial charge on any atom is -0.398 e. The summed E-state index contributed by atoms with van der Waals surface area (Å²) < 4.78 is 3.30. The number of hydrogen-bond donors (Lipinski definition) is 1. The number of pyridine rings is 1. The van der Waals surface area contributed by atoms with Gasteiger partial charge < -0.3 is 5.73 Å². The summed E-state index contributed by atoms with van der Waals surface area (Å²) in [4.78, 5) is 13.4. The predicted molar refractivity (Wildman–Crippen MR) is 95.8 cm³/mol. The Morgan fingerprint density at radius 1 is 1.13 bits per heavy atom. The fraction of sp³-hybridized carbons (Fsp3) is 0.263. The van der Waals surface area contributed by atoms with Gasteiger partial charge in [-0.05, 0) is 30.4 Å². The highest BCUT2D eigenvalue weighted by Gasteiger charge is 2.15. The van der Waals surface area contributed by atoms with Gasteiger partial charge in [0, 0.05) is 35.4 Å². The van der Waals surface area contributed by atoms with E-state index in [2.05, 4.69) is 23.6 Å². The van der Waals surface area contributed by atoms with Crippen molar-refractivity contribution in [3.63, 3.8) is 0 Å². The molecule has 0 saturated carbocycles. The minimum absolute atomic E-state index is 0.269. The summed E-state index contributed by atoms with van der Waals surface area (Å²) >= 11 is 1.62. The molecule has 118 valence electrons. The number of anilines is 1. The maximum atomic E-state index is 12.5. The molecule has 2 aromatic heterocycles. The smallest absolute Gasteiger partial charge is 0.173 e. The van der Waals surface area contributed by atoms with E-state index in [1.54, 1.807) is 11.3 Å². The highest BCUT2D eigenvalue weighted by atomic mass is 32.1. The molecule has 0 aliphatic rings. The second kappa shape index (κ2) is 6.92. The summed E-state index contributed by atoms with van der Waals surface area (Å²) in [6, 6.07) is 12.0. The molecule has 0 atom stereocenters. The lowest BCUT2D eigenvalue weighted by atomic mass is 10.1. The molecule has 0 radical (unpaired) electrons. The first-order chi connectivity index (χ1) is 11.1. The zero-order valence-corrected chi connectivity index (χ0v) is 14.1. The average molecular weight is 325 g/mol. The van der Waals surface area contributed by atoms with Crippen molar-refractivity contribution >= 4 is 32.9 Å². The predicted octanol–water partition coefficient (Wildman–Crippen LogP) is 4.13. The fourth-order valence-corrected chi connectivity index (χ4v) is 3.93. The van der Waals surface area contributed by atoms with Crippen molar-refractivity contribution in [2.75, 3.05) is 5.73 Å². The van der Waals surface area contributed by atoms with Crippen LogP contribution in [-0.2, 0) is 6.54 Å². The van der Waals surface area contributed by atoms with Crippen LogP contribution < -0.4 is 10.3 Å². The topological polar surface area (TPSA) is 47.0 Å². The van der Waals surface area contributed by atoms with Crippen molar-refractivity contribution < 1.29 is 9.36 Å². The van der Waals surface area contributed by atoms with Crippen LogP contribution in [0.15, 0.2) is 48.8 Å². The Balaban J connectivity index is 1.56. The van der Waals surface area contributed by atoms with E-state index in [1.807, 2.05) is 36.7 Å². The van der Waals surface area contributed by atoms with Gasteiger partial charge in [0.25, 0.3) is 0 Å². The van der Waals surface area contributed by atoms with Gasteiger partial charge in [0.2, 0.25) is 0 Å². The van der Waals surface area contributed by atoms with E-state index in [0.717, 1.165) is 35.5 Å². The van der Waals surface area contributed by atoms with Gasteiger partial charge in [-0.25, -0.2) is 4.57 Å². The molecule has 0 unspecified atom stereocenters. The van der Waals surface area contributed by atoms with Gasteiger partial charge in [0.05, 0.1) is 4.88 Å². The molecule has 0 saturated heterocycles. The van der Waals surface area contributed by atoms with Crippen molar-refractivity contribution in [3.8, 4) is 0 Å². The van der Waals surface area contributed by atoms with Crippen LogP contribution in [0.2, 0.25) is 0 Å². The fourth-order valence-electron chi connectivity index (χ4n) is 2.75. The first-order valence-electron chi connectivity index (χ1n) is 7.91. The van der Waals surface area contributed by atoms with Crippen LogP contribution in [0, 0.1) is 6.92 Å². The molecule has 4 heteroatoms. The SMILES string of the molecule is Cc1c(C(=O)CCCC[n+]2ccc(N)cc2)sc2ccccc12. The standard InChI is InChI=1S/C19H20N2OS/c1-14-16-6-2-3-8-18(16)23-19(14)17(22)7-4-5-11-21-12-9-15(20)10-13-21/h2-3,6,8-10,12-13,20H,4-5,7,11H2,1H3/p+1. The lowest BCUT2D eigenvalue weighted by molar-refractivity contribution is -0.697. The Morgan fingerprint density at radius 2 is 1.87 bits per heavy atom. The summed E-state index contributed by atoms with van der Waals surface area (Å²) in [6.45, 7) is 2.97. The molecule has 23 heavy (non-hydrogen) atoms. The number of nitrogens with two attached hydrogens (primary N) is 1. The molecule has 0 aliphatic carbocycles. The van der Waals surface area contributed by atoms with Gasteiger partial charge >= 0.3 is 0 Å². The Kier molecular flexibility index (Phi) is 4.72. The number of aryl methyl sites for hydroxylation is 2. The number of carbonyl (C=O) groups excluding carboxylic acids is 1. The van der Waals surface area contributed by atoms with Gasteiger partial charge in [-0.3, -0.25) is 4.79 Å². The summed E-state index contributed by atoms with van der Waals surface area (Å²) in [7, 11) is 0. The van der Waals surface area contributed by atoms with Gasteiger partial charge in [0.15, 0.2) is 18.2 Å². The maximum absolute atomic E-state index is 12.5.